The molecule has 1 fully saturated rings. The highest BCUT2D eigenvalue weighted by Gasteiger charge is 2.31. The Morgan fingerprint density at radius 2 is 1.51 bits per heavy atom. The quantitative estimate of drug-likeness (QED) is 0.145. The van der Waals surface area contributed by atoms with Crippen LogP contribution in [0.4, 0.5) is 41.1 Å². The van der Waals surface area contributed by atoms with Crippen LogP contribution in [-0.2, 0) is 4.74 Å². The van der Waals surface area contributed by atoms with E-state index in [-0.39, 0.29) is 0 Å². The maximum Gasteiger partial charge on any atom is 0.391 e. The minimum Gasteiger partial charge on any atom is -0.378 e. The molecule has 0 aliphatic carbocycles. The molecule has 45 heavy (non-hydrogen) atoms. The largest absolute Gasteiger partial charge is 0.391 e. The molecule has 0 atom stereocenters. The lowest BCUT2D eigenvalue weighted by molar-refractivity contribution is -0.164. The summed E-state index contributed by atoms with van der Waals surface area (Å²) >= 11 is 0. The number of anilines is 4. The average Bonchev–Trinajstić information content (AvgIpc) is 3.00. The number of nitrogens with zero attached hydrogens (tertiary/aromatic N) is 5. The molecule has 4 rings (SSSR count). The SMILES string of the molecule is CC(C)C(F)(F)F.CCCC(C)C.CF.Cc1ccc(Nc2nc(N/N=C/c3cccc(C)c3)nc(N3CCOCC3)n2)cc1. The standard InChI is InChI=1S/C22H25N7O.C6H14.C4H7F3.CH3F/c1-16-6-8-19(9-7-16)24-20-25-21(27-22(26-20)29-10-12-30-13-11-29)28-23-15-18-5-3-4-17(2)14-18;1-4-5-6(2)3;1-3(2)4(5,6)7;1-2/h3-9,14-15H,10-13H2,1-2H3,(H2,24,25,26,27,28);6H,4-5H2,1-3H3;3H,1-2H3;1H3/b23-15+;;;. The van der Waals surface area contributed by atoms with Crippen LogP contribution in [0.3, 0.4) is 0 Å². The zero-order valence-corrected chi connectivity index (χ0v) is 27.7. The predicted octanol–water partition coefficient (Wildman–Crippen LogP) is 8.75. The molecule has 2 N–H and O–H groups in total. The molecule has 0 radical (unpaired) electrons. The average molecular weight is 636 g/mol. The van der Waals surface area contributed by atoms with E-state index in [1.54, 1.807) is 6.21 Å². The number of nitrogens with one attached hydrogen (secondary N) is 2. The van der Waals surface area contributed by atoms with Crippen molar-refractivity contribution in [2.24, 2.45) is 16.9 Å². The Morgan fingerprint density at radius 1 is 0.911 bits per heavy atom. The van der Waals surface area contributed by atoms with E-state index in [2.05, 4.69) is 69.5 Å². The summed E-state index contributed by atoms with van der Waals surface area (Å²) in [5.41, 5.74) is 7.22. The molecule has 3 aromatic rings. The first kappa shape index (κ1) is 39.2. The molecule has 0 saturated carbocycles. The number of hydrazone groups is 1. The number of rotatable bonds is 8. The lowest BCUT2D eigenvalue weighted by atomic mass is 10.1. The molecular formula is C33H49F4N7O. The summed E-state index contributed by atoms with van der Waals surface area (Å²) in [6.07, 6.45) is 0.454. The van der Waals surface area contributed by atoms with Gasteiger partial charge in [-0.15, -0.1) is 0 Å². The molecule has 0 spiro atoms. The number of hydrogen-bond acceptors (Lipinski definition) is 8. The first-order valence-corrected chi connectivity index (χ1v) is 15.1. The molecule has 2 aromatic carbocycles. The molecule has 1 aliphatic heterocycles. The van der Waals surface area contributed by atoms with Crippen LogP contribution in [0.1, 0.15) is 64.2 Å². The lowest BCUT2D eigenvalue weighted by Crippen LogP contribution is -2.37. The maximum atomic E-state index is 11.2. The molecule has 1 aromatic heterocycles. The highest BCUT2D eigenvalue weighted by molar-refractivity contribution is 5.80. The number of ether oxygens (including phenoxy) is 1. The normalized spacial score (nSPS) is 12.9. The fourth-order valence-corrected chi connectivity index (χ4v) is 3.63. The first-order chi connectivity index (χ1) is 21.4. The van der Waals surface area contributed by atoms with Crippen LogP contribution in [0.15, 0.2) is 53.6 Å². The fraction of sp³-hybridized carbons (Fsp3) is 0.515. The van der Waals surface area contributed by atoms with Crippen LogP contribution < -0.4 is 15.6 Å². The van der Waals surface area contributed by atoms with Gasteiger partial charge in [0.2, 0.25) is 17.8 Å². The summed E-state index contributed by atoms with van der Waals surface area (Å²) in [6, 6.07) is 16.2. The van der Waals surface area contributed by atoms with Gasteiger partial charge in [-0.05, 0) is 37.5 Å². The van der Waals surface area contributed by atoms with Gasteiger partial charge in [0.25, 0.3) is 0 Å². The van der Waals surface area contributed by atoms with Crippen LogP contribution >= 0.6 is 0 Å². The van der Waals surface area contributed by atoms with Crippen molar-refractivity contribution in [1.29, 1.82) is 0 Å². The minimum absolute atomic E-state index is 0.380. The molecule has 2 heterocycles. The van der Waals surface area contributed by atoms with Crippen molar-refractivity contribution in [2.45, 2.75) is 67.5 Å². The number of aromatic nitrogens is 3. The number of morpholine rings is 1. The van der Waals surface area contributed by atoms with Gasteiger partial charge in [-0.2, -0.15) is 33.2 Å². The third kappa shape index (κ3) is 16.7. The minimum atomic E-state index is -4.00. The number of benzene rings is 2. The second-order valence-electron chi connectivity index (χ2n) is 11.0. The molecule has 250 valence electrons. The first-order valence-electron chi connectivity index (χ1n) is 15.1. The van der Waals surface area contributed by atoms with Gasteiger partial charge in [0.1, 0.15) is 0 Å². The monoisotopic (exact) mass is 635 g/mol. The van der Waals surface area contributed by atoms with E-state index >= 15 is 0 Å². The lowest BCUT2D eigenvalue weighted by Gasteiger charge is -2.27. The van der Waals surface area contributed by atoms with Gasteiger partial charge in [-0.1, -0.05) is 95.0 Å². The van der Waals surface area contributed by atoms with Gasteiger partial charge in [-0.25, -0.2) is 5.43 Å². The van der Waals surface area contributed by atoms with E-state index in [9.17, 15) is 17.6 Å². The second kappa shape index (κ2) is 21.0. The van der Waals surface area contributed by atoms with Crippen LogP contribution in [-0.4, -0.2) is 60.8 Å². The van der Waals surface area contributed by atoms with Crippen molar-refractivity contribution < 1.29 is 22.3 Å². The molecule has 12 heteroatoms. The zero-order valence-electron chi connectivity index (χ0n) is 27.7. The van der Waals surface area contributed by atoms with Crippen molar-refractivity contribution in [1.82, 2.24) is 15.0 Å². The Morgan fingerprint density at radius 3 is 2.02 bits per heavy atom. The van der Waals surface area contributed by atoms with Gasteiger partial charge in [0.05, 0.1) is 26.6 Å². The van der Waals surface area contributed by atoms with Crippen LogP contribution in [0.5, 0.6) is 0 Å². The van der Waals surface area contributed by atoms with Crippen molar-refractivity contribution in [3.63, 3.8) is 0 Å². The molecule has 8 nitrogen and oxygen atoms in total. The molecule has 0 amide bonds. The summed E-state index contributed by atoms with van der Waals surface area (Å²) in [7, 11) is 0.500. The summed E-state index contributed by atoms with van der Waals surface area (Å²) < 4.78 is 48.5. The Labute approximate surface area is 265 Å². The summed E-state index contributed by atoms with van der Waals surface area (Å²) in [4.78, 5) is 15.7. The molecule has 0 bridgehead atoms. The Balaban J connectivity index is 0.000000565. The summed E-state index contributed by atoms with van der Waals surface area (Å²) in [6.45, 7) is 15.9. The van der Waals surface area contributed by atoms with E-state index in [1.165, 1.54) is 24.0 Å². The Hall–Kier alpha value is -3.80. The zero-order chi connectivity index (χ0) is 33.8. The fourth-order valence-electron chi connectivity index (χ4n) is 3.63. The number of aryl methyl sites for hydroxylation is 2. The van der Waals surface area contributed by atoms with Crippen LogP contribution in [0, 0.1) is 25.7 Å². The van der Waals surface area contributed by atoms with Crippen molar-refractivity contribution >= 4 is 29.7 Å². The third-order valence-electron chi connectivity index (χ3n) is 6.17. The maximum absolute atomic E-state index is 11.2. The van der Waals surface area contributed by atoms with Gasteiger partial charge in [-0.3, -0.25) is 4.39 Å². The van der Waals surface area contributed by atoms with Crippen LogP contribution in [0.2, 0.25) is 0 Å². The van der Waals surface area contributed by atoms with E-state index in [4.69, 9.17) is 4.74 Å². The van der Waals surface area contributed by atoms with Gasteiger partial charge < -0.3 is 15.0 Å². The highest BCUT2D eigenvalue weighted by Crippen LogP contribution is 2.24. The smallest absolute Gasteiger partial charge is 0.378 e. The number of hydrogen-bond donors (Lipinski definition) is 2. The molecule has 0 unspecified atom stereocenters. The van der Waals surface area contributed by atoms with E-state index in [1.807, 2.05) is 49.4 Å². The predicted molar refractivity (Wildman–Crippen MR) is 177 cm³/mol. The van der Waals surface area contributed by atoms with E-state index < -0.39 is 12.1 Å². The van der Waals surface area contributed by atoms with Crippen LogP contribution in [0.25, 0.3) is 0 Å². The van der Waals surface area contributed by atoms with Gasteiger partial charge >= 0.3 is 6.18 Å². The molecular weight excluding hydrogens is 586 g/mol. The molecule has 1 saturated heterocycles. The molecule has 1 aliphatic rings. The van der Waals surface area contributed by atoms with Crippen molar-refractivity contribution in [3.8, 4) is 0 Å². The number of halogens is 4. The van der Waals surface area contributed by atoms with Gasteiger partial charge in [0.15, 0.2) is 0 Å². The summed E-state index contributed by atoms with van der Waals surface area (Å²) in [5.74, 6) is 1.13. The van der Waals surface area contributed by atoms with Crippen molar-refractivity contribution in [3.05, 3.63) is 65.2 Å². The number of alkyl halides is 4. The highest BCUT2D eigenvalue weighted by atomic mass is 19.4. The Kier molecular flexibility index (Phi) is 18.3. The van der Waals surface area contributed by atoms with Crippen molar-refractivity contribution in [2.75, 3.05) is 49.1 Å². The Bertz CT molecular complexity index is 1250. The third-order valence-corrected chi connectivity index (χ3v) is 6.17. The van der Waals surface area contributed by atoms with E-state index in [0.29, 0.717) is 38.2 Å². The van der Waals surface area contributed by atoms with Gasteiger partial charge in [0, 0.05) is 24.7 Å². The second-order valence-corrected chi connectivity index (χ2v) is 11.0. The summed E-state index contributed by atoms with van der Waals surface area (Å²) in [5, 5.41) is 7.55. The topological polar surface area (TPSA) is 87.6 Å². The van der Waals surface area contributed by atoms with E-state index in [0.717, 1.165) is 44.1 Å².